The first-order valence-electron chi connectivity index (χ1n) is 4.79. The highest BCUT2D eigenvalue weighted by Crippen LogP contribution is 2.28. The number of rotatable bonds is 4. The summed E-state index contributed by atoms with van der Waals surface area (Å²) in [6.07, 6.45) is -0.516. The molecule has 0 spiro atoms. The number of methoxy groups -OCH3 is 1. The standard InChI is InChI=1S/C11H16BrNO2/c1-7(13-2)11(14)8-4-5-10(15-3)9(12)6-8/h4-7,11,13-14H,1-3H3. The quantitative estimate of drug-likeness (QED) is 0.883. The second-order valence-corrected chi connectivity index (χ2v) is 4.27. The first kappa shape index (κ1) is 12.5. The van der Waals surface area contributed by atoms with Crippen molar-refractivity contribution in [3.8, 4) is 5.75 Å². The van der Waals surface area contributed by atoms with Gasteiger partial charge in [0.1, 0.15) is 5.75 Å². The molecular formula is C11H16BrNO2. The monoisotopic (exact) mass is 273 g/mol. The lowest BCUT2D eigenvalue weighted by atomic mass is 10.0. The molecule has 0 aliphatic carbocycles. The van der Waals surface area contributed by atoms with E-state index >= 15 is 0 Å². The van der Waals surface area contributed by atoms with E-state index in [0.29, 0.717) is 0 Å². The Balaban J connectivity index is 2.92. The maximum atomic E-state index is 9.95. The molecule has 0 aromatic heterocycles. The molecule has 0 bridgehead atoms. The molecule has 0 aliphatic rings. The van der Waals surface area contributed by atoms with Crippen molar-refractivity contribution >= 4 is 15.9 Å². The van der Waals surface area contributed by atoms with Crippen LogP contribution in [0.25, 0.3) is 0 Å². The summed E-state index contributed by atoms with van der Waals surface area (Å²) >= 11 is 3.39. The summed E-state index contributed by atoms with van der Waals surface area (Å²) < 4.78 is 5.97. The number of benzene rings is 1. The predicted octanol–water partition coefficient (Wildman–Crippen LogP) is 2.10. The molecule has 1 aromatic rings. The third-order valence-corrected chi connectivity index (χ3v) is 3.07. The molecule has 1 rings (SSSR count). The van der Waals surface area contributed by atoms with Gasteiger partial charge in [-0.2, -0.15) is 0 Å². The van der Waals surface area contributed by atoms with Gasteiger partial charge in [0, 0.05) is 6.04 Å². The van der Waals surface area contributed by atoms with Crippen LogP contribution in [-0.4, -0.2) is 25.3 Å². The molecule has 3 nitrogen and oxygen atoms in total. The summed E-state index contributed by atoms with van der Waals surface area (Å²) in [5, 5.41) is 13.0. The lowest BCUT2D eigenvalue weighted by Gasteiger charge is -2.19. The molecule has 4 heteroatoms. The Hall–Kier alpha value is -0.580. The second kappa shape index (κ2) is 5.49. The number of halogens is 1. The van der Waals surface area contributed by atoms with E-state index in [1.54, 1.807) is 7.11 Å². The van der Waals surface area contributed by atoms with Gasteiger partial charge in [-0.1, -0.05) is 6.07 Å². The Kier molecular flexibility index (Phi) is 4.57. The summed E-state index contributed by atoms with van der Waals surface area (Å²) in [4.78, 5) is 0. The van der Waals surface area contributed by atoms with E-state index in [-0.39, 0.29) is 6.04 Å². The number of aliphatic hydroxyl groups is 1. The van der Waals surface area contributed by atoms with Gasteiger partial charge in [-0.15, -0.1) is 0 Å². The van der Waals surface area contributed by atoms with E-state index in [1.165, 1.54) is 0 Å². The summed E-state index contributed by atoms with van der Waals surface area (Å²) in [6, 6.07) is 5.59. The highest BCUT2D eigenvalue weighted by molar-refractivity contribution is 9.10. The zero-order chi connectivity index (χ0) is 11.4. The van der Waals surface area contributed by atoms with Crippen LogP contribution in [-0.2, 0) is 0 Å². The SMILES string of the molecule is CNC(C)C(O)c1ccc(OC)c(Br)c1. The zero-order valence-corrected chi connectivity index (χ0v) is 10.7. The topological polar surface area (TPSA) is 41.5 Å². The highest BCUT2D eigenvalue weighted by atomic mass is 79.9. The summed E-state index contributed by atoms with van der Waals surface area (Å²) in [5.74, 6) is 0.767. The van der Waals surface area contributed by atoms with Gasteiger partial charge in [-0.25, -0.2) is 0 Å². The third-order valence-electron chi connectivity index (χ3n) is 2.45. The van der Waals surface area contributed by atoms with Crippen molar-refractivity contribution in [1.82, 2.24) is 5.32 Å². The van der Waals surface area contributed by atoms with Crippen molar-refractivity contribution < 1.29 is 9.84 Å². The third kappa shape index (κ3) is 2.93. The molecule has 0 saturated carbocycles. The van der Waals surface area contributed by atoms with Crippen LogP contribution in [0.1, 0.15) is 18.6 Å². The van der Waals surface area contributed by atoms with Gasteiger partial charge in [-0.3, -0.25) is 0 Å². The van der Waals surface area contributed by atoms with Gasteiger partial charge in [0.2, 0.25) is 0 Å². The van der Waals surface area contributed by atoms with Crippen molar-refractivity contribution in [1.29, 1.82) is 0 Å². The van der Waals surface area contributed by atoms with Crippen molar-refractivity contribution in [2.24, 2.45) is 0 Å². The highest BCUT2D eigenvalue weighted by Gasteiger charge is 2.15. The molecule has 84 valence electrons. The van der Waals surface area contributed by atoms with Crippen LogP contribution in [0, 0.1) is 0 Å². The first-order valence-corrected chi connectivity index (χ1v) is 5.58. The summed E-state index contributed by atoms with van der Waals surface area (Å²) in [7, 11) is 3.44. The lowest BCUT2D eigenvalue weighted by Crippen LogP contribution is -2.28. The number of likely N-dealkylation sites (N-methyl/N-ethyl adjacent to an activating group) is 1. The van der Waals surface area contributed by atoms with Crippen molar-refractivity contribution in [2.45, 2.75) is 19.1 Å². The maximum Gasteiger partial charge on any atom is 0.133 e. The van der Waals surface area contributed by atoms with Gasteiger partial charge < -0.3 is 15.2 Å². The van der Waals surface area contributed by atoms with Crippen LogP contribution in [0.2, 0.25) is 0 Å². The molecule has 0 heterocycles. The van der Waals surface area contributed by atoms with Crippen LogP contribution < -0.4 is 10.1 Å². The molecule has 15 heavy (non-hydrogen) atoms. The van der Waals surface area contributed by atoms with Crippen LogP contribution in [0.5, 0.6) is 5.75 Å². The van der Waals surface area contributed by atoms with Gasteiger partial charge in [0.15, 0.2) is 0 Å². The van der Waals surface area contributed by atoms with Crippen LogP contribution in [0.15, 0.2) is 22.7 Å². The number of hydrogen-bond acceptors (Lipinski definition) is 3. The van der Waals surface area contributed by atoms with E-state index in [2.05, 4.69) is 21.2 Å². The normalized spacial score (nSPS) is 14.7. The molecule has 2 unspecified atom stereocenters. The Morgan fingerprint density at radius 1 is 1.47 bits per heavy atom. The van der Waals surface area contributed by atoms with Gasteiger partial charge in [0.25, 0.3) is 0 Å². The molecule has 0 saturated heterocycles. The molecule has 0 fully saturated rings. The summed E-state index contributed by atoms with van der Waals surface area (Å²) in [5.41, 5.74) is 0.865. The molecule has 0 aliphatic heterocycles. The molecule has 1 aromatic carbocycles. The molecule has 2 N–H and O–H groups in total. The molecule has 0 amide bonds. The van der Waals surface area contributed by atoms with E-state index in [0.717, 1.165) is 15.8 Å². The molecule has 0 radical (unpaired) electrons. The second-order valence-electron chi connectivity index (χ2n) is 3.42. The van der Waals surface area contributed by atoms with E-state index in [9.17, 15) is 5.11 Å². The van der Waals surface area contributed by atoms with Gasteiger partial charge >= 0.3 is 0 Å². The van der Waals surface area contributed by atoms with Gasteiger partial charge in [-0.05, 0) is 47.6 Å². The zero-order valence-electron chi connectivity index (χ0n) is 9.12. The fraction of sp³-hybridized carbons (Fsp3) is 0.455. The molecule has 2 atom stereocenters. The number of hydrogen-bond donors (Lipinski definition) is 2. The Labute approximate surface area is 98.6 Å². The lowest BCUT2D eigenvalue weighted by molar-refractivity contribution is 0.140. The van der Waals surface area contributed by atoms with Crippen molar-refractivity contribution in [2.75, 3.05) is 14.2 Å². The molecular weight excluding hydrogens is 258 g/mol. The minimum absolute atomic E-state index is 0.0188. The van der Waals surface area contributed by atoms with Crippen LogP contribution in [0.4, 0.5) is 0 Å². The van der Waals surface area contributed by atoms with E-state index < -0.39 is 6.10 Å². The Morgan fingerprint density at radius 3 is 2.60 bits per heavy atom. The predicted molar refractivity (Wildman–Crippen MR) is 64.2 cm³/mol. The minimum atomic E-state index is -0.516. The average molecular weight is 274 g/mol. The Bertz CT molecular complexity index is 330. The van der Waals surface area contributed by atoms with Crippen LogP contribution >= 0.6 is 15.9 Å². The number of aliphatic hydroxyl groups excluding tert-OH is 1. The maximum absolute atomic E-state index is 9.95. The van der Waals surface area contributed by atoms with Crippen LogP contribution in [0.3, 0.4) is 0 Å². The Morgan fingerprint density at radius 2 is 2.13 bits per heavy atom. The minimum Gasteiger partial charge on any atom is -0.496 e. The van der Waals surface area contributed by atoms with Gasteiger partial charge in [0.05, 0.1) is 17.7 Å². The average Bonchev–Trinajstić information content (AvgIpc) is 2.26. The van der Waals surface area contributed by atoms with E-state index in [1.807, 2.05) is 32.2 Å². The first-order chi connectivity index (χ1) is 7.10. The smallest absolute Gasteiger partial charge is 0.133 e. The fourth-order valence-corrected chi connectivity index (χ4v) is 1.87. The van der Waals surface area contributed by atoms with Crippen molar-refractivity contribution in [3.05, 3.63) is 28.2 Å². The summed E-state index contributed by atoms with van der Waals surface area (Å²) in [6.45, 7) is 1.93. The largest absolute Gasteiger partial charge is 0.496 e. The number of ether oxygens (including phenoxy) is 1. The van der Waals surface area contributed by atoms with Crippen molar-refractivity contribution in [3.63, 3.8) is 0 Å². The van der Waals surface area contributed by atoms with E-state index in [4.69, 9.17) is 4.74 Å². The number of nitrogens with one attached hydrogen (secondary N) is 1. The fourth-order valence-electron chi connectivity index (χ4n) is 1.31.